The van der Waals surface area contributed by atoms with E-state index in [1.165, 1.54) is 0 Å². The number of fused-ring (bicyclic) bond motifs is 1. The average molecular weight is 336 g/mol. The minimum atomic E-state index is -0.422. The summed E-state index contributed by atoms with van der Waals surface area (Å²) in [6.45, 7) is 9.38. The fraction of sp³-hybridized carbons (Fsp3) is 0.824. The highest BCUT2D eigenvalue weighted by Gasteiger charge is 2.32. The van der Waals surface area contributed by atoms with Gasteiger partial charge in [0.15, 0.2) is 5.82 Å². The van der Waals surface area contributed by atoms with E-state index < -0.39 is 6.10 Å². The lowest BCUT2D eigenvalue weighted by atomic mass is 10.1. The summed E-state index contributed by atoms with van der Waals surface area (Å²) in [5.41, 5.74) is 0. The quantitative estimate of drug-likeness (QED) is 0.785. The van der Waals surface area contributed by atoms with Crippen LogP contribution in [0.1, 0.15) is 45.3 Å². The fourth-order valence-electron chi connectivity index (χ4n) is 3.38. The molecule has 2 aliphatic rings. The number of rotatable bonds is 6. The first kappa shape index (κ1) is 17.4. The van der Waals surface area contributed by atoms with Gasteiger partial charge >= 0.3 is 0 Å². The van der Waals surface area contributed by atoms with Crippen molar-refractivity contribution in [2.45, 2.75) is 65.3 Å². The van der Waals surface area contributed by atoms with Gasteiger partial charge in [-0.3, -0.25) is 4.79 Å². The van der Waals surface area contributed by atoms with Gasteiger partial charge in [0.05, 0.1) is 19.3 Å². The van der Waals surface area contributed by atoms with Crippen molar-refractivity contribution in [2.75, 3.05) is 19.8 Å². The standard InChI is InChI=1S/C17H28N4O3/c1-4-14-18-19-15-10-20(7-8-21(14)15)17(22)16(12(2)3)24-11-13-6-5-9-23-13/h12-13,16H,4-11H2,1-3H3. The Labute approximate surface area is 143 Å². The topological polar surface area (TPSA) is 69.5 Å². The molecule has 3 heterocycles. The SMILES string of the molecule is CCc1nnc2n1CCN(C(=O)C(OCC1CCCO1)C(C)C)C2. The zero-order valence-electron chi connectivity index (χ0n) is 14.9. The predicted molar refractivity (Wildman–Crippen MR) is 88.4 cm³/mol. The first-order valence-corrected chi connectivity index (χ1v) is 9.03. The number of carbonyl (C=O) groups is 1. The summed E-state index contributed by atoms with van der Waals surface area (Å²) in [5.74, 6) is 2.04. The van der Waals surface area contributed by atoms with Crippen molar-refractivity contribution in [3.05, 3.63) is 11.6 Å². The van der Waals surface area contributed by atoms with Crippen molar-refractivity contribution in [1.82, 2.24) is 19.7 Å². The van der Waals surface area contributed by atoms with E-state index in [0.717, 1.165) is 44.1 Å². The van der Waals surface area contributed by atoms with Crippen LogP contribution in [0, 0.1) is 5.92 Å². The first-order valence-electron chi connectivity index (χ1n) is 9.03. The maximum Gasteiger partial charge on any atom is 0.252 e. The van der Waals surface area contributed by atoms with Crippen molar-refractivity contribution >= 4 is 5.91 Å². The third-order valence-electron chi connectivity index (χ3n) is 4.79. The van der Waals surface area contributed by atoms with E-state index in [2.05, 4.69) is 21.7 Å². The molecule has 0 N–H and O–H groups in total. The van der Waals surface area contributed by atoms with Gasteiger partial charge < -0.3 is 18.9 Å². The van der Waals surface area contributed by atoms with Gasteiger partial charge in [-0.05, 0) is 18.8 Å². The van der Waals surface area contributed by atoms with Gasteiger partial charge in [0, 0.05) is 26.1 Å². The molecular weight excluding hydrogens is 308 g/mol. The Morgan fingerprint density at radius 3 is 2.88 bits per heavy atom. The van der Waals surface area contributed by atoms with Crippen LogP contribution >= 0.6 is 0 Å². The fourth-order valence-corrected chi connectivity index (χ4v) is 3.38. The zero-order chi connectivity index (χ0) is 17.1. The van der Waals surface area contributed by atoms with Crippen LogP contribution < -0.4 is 0 Å². The molecule has 0 aliphatic carbocycles. The second kappa shape index (κ2) is 7.61. The second-order valence-electron chi connectivity index (χ2n) is 6.93. The number of carbonyl (C=O) groups excluding carboxylic acids is 1. The van der Waals surface area contributed by atoms with E-state index in [4.69, 9.17) is 9.47 Å². The number of nitrogens with zero attached hydrogens (tertiary/aromatic N) is 4. The summed E-state index contributed by atoms with van der Waals surface area (Å²) in [6, 6.07) is 0. The molecule has 3 rings (SSSR count). The monoisotopic (exact) mass is 336 g/mol. The summed E-state index contributed by atoms with van der Waals surface area (Å²) >= 11 is 0. The Morgan fingerprint density at radius 2 is 2.21 bits per heavy atom. The van der Waals surface area contributed by atoms with Crippen molar-refractivity contribution in [1.29, 1.82) is 0 Å². The number of aromatic nitrogens is 3. The third-order valence-corrected chi connectivity index (χ3v) is 4.79. The molecule has 1 fully saturated rings. The lowest BCUT2D eigenvalue weighted by Crippen LogP contribution is -2.47. The van der Waals surface area contributed by atoms with Gasteiger partial charge in [-0.1, -0.05) is 20.8 Å². The van der Waals surface area contributed by atoms with Gasteiger partial charge in [-0.25, -0.2) is 0 Å². The van der Waals surface area contributed by atoms with Gasteiger partial charge in [0.2, 0.25) is 0 Å². The number of hydrogen-bond acceptors (Lipinski definition) is 5. The minimum absolute atomic E-state index is 0.0512. The van der Waals surface area contributed by atoms with Crippen molar-refractivity contribution in [3.63, 3.8) is 0 Å². The summed E-state index contributed by atoms with van der Waals surface area (Å²) in [7, 11) is 0. The number of hydrogen-bond donors (Lipinski definition) is 0. The van der Waals surface area contributed by atoms with Crippen LogP contribution in [0.5, 0.6) is 0 Å². The molecule has 24 heavy (non-hydrogen) atoms. The van der Waals surface area contributed by atoms with Gasteiger partial charge in [0.1, 0.15) is 11.9 Å². The molecule has 2 aliphatic heterocycles. The molecule has 134 valence electrons. The second-order valence-corrected chi connectivity index (χ2v) is 6.93. The number of amides is 1. The van der Waals surface area contributed by atoms with Crippen LogP contribution in [-0.4, -0.2) is 57.5 Å². The molecule has 0 radical (unpaired) electrons. The number of ether oxygens (including phenoxy) is 2. The van der Waals surface area contributed by atoms with Crippen LogP contribution in [0.15, 0.2) is 0 Å². The molecule has 1 aromatic rings. The van der Waals surface area contributed by atoms with E-state index in [1.807, 2.05) is 18.7 Å². The third kappa shape index (κ3) is 3.62. The Kier molecular flexibility index (Phi) is 5.50. The molecule has 2 atom stereocenters. The first-order chi connectivity index (χ1) is 11.6. The maximum absolute atomic E-state index is 12.9. The van der Waals surface area contributed by atoms with Crippen LogP contribution in [0.3, 0.4) is 0 Å². The van der Waals surface area contributed by atoms with Gasteiger partial charge in [-0.2, -0.15) is 0 Å². The van der Waals surface area contributed by atoms with Crippen LogP contribution in [0.2, 0.25) is 0 Å². The van der Waals surface area contributed by atoms with Crippen LogP contribution in [-0.2, 0) is 33.8 Å². The highest BCUT2D eigenvalue weighted by Crippen LogP contribution is 2.19. The predicted octanol–water partition coefficient (Wildman–Crippen LogP) is 1.40. The molecule has 1 saturated heterocycles. The summed E-state index contributed by atoms with van der Waals surface area (Å²) in [6.07, 6.45) is 2.67. The lowest BCUT2D eigenvalue weighted by Gasteiger charge is -2.32. The minimum Gasteiger partial charge on any atom is -0.376 e. The Balaban J connectivity index is 1.62. The van der Waals surface area contributed by atoms with E-state index in [1.54, 1.807) is 0 Å². The van der Waals surface area contributed by atoms with E-state index in [0.29, 0.717) is 19.7 Å². The van der Waals surface area contributed by atoms with Crippen LogP contribution in [0.25, 0.3) is 0 Å². The molecule has 0 bridgehead atoms. The summed E-state index contributed by atoms with van der Waals surface area (Å²) < 4.78 is 13.7. The molecule has 0 saturated carbocycles. The maximum atomic E-state index is 12.9. The molecule has 1 amide bonds. The van der Waals surface area contributed by atoms with E-state index in [-0.39, 0.29) is 17.9 Å². The number of aryl methyl sites for hydroxylation is 1. The Hall–Kier alpha value is -1.47. The molecule has 7 heteroatoms. The summed E-state index contributed by atoms with van der Waals surface area (Å²) in [5, 5.41) is 8.44. The molecule has 2 unspecified atom stereocenters. The van der Waals surface area contributed by atoms with E-state index in [9.17, 15) is 4.79 Å². The molecule has 0 spiro atoms. The van der Waals surface area contributed by atoms with Crippen LogP contribution in [0.4, 0.5) is 0 Å². The Bertz CT molecular complexity index is 566. The van der Waals surface area contributed by atoms with Crippen molar-refractivity contribution in [3.8, 4) is 0 Å². The summed E-state index contributed by atoms with van der Waals surface area (Å²) in [4.78, 5) is 14.8. The highest BCUT2D eigenvalue weighted by molar-refractivity contribution is 5.81. The normalized spacial score (nSPS) is 22.0. The average Bonchev–Trinajstić information content (AvgIpc) is 3.23. The largest absolute Gasteiger partial charge is 0.376 e. The Morgan fingerprint density at radius 1 is 1.38 bits per heavy atom. The smallest absolute Gasteiger partial charge is 0.252 e. The van der Waals surface area contributed by atoms with E-state index >= 15 is 0 Å². The molecule has 7 nitrogen and oxygen atoms in total. The van der Waals surface area contributed by atoms with Crippen molar-refractivity contribution in [2.24, 2.45) is 5.92 Å². The molecule has 0 aromatic carbocycles. The van der Waals surface area contributed by atoms with Gasteiger partial charge in [-0.15, -0.1) is 10.2 Å². The van der Waals surface area contributed by atoms with Crippen molar-refractivity contribution < 1.29 is 14.3 Å². The highest BCUT2D eigenvalue weighted by atomic mass is 16.5. The molecular formula is C17H28N4O3. The lowest BCUT2D eigenvalue weighted by molar-refractivity contribution is -0.150. The van der Waals surface area contributed by atoms with Gasteiger partial charge in [0.25, 0.3) is 5.91 Å². The molecule has 1 aromatic heterocycles. The zero-order valence-corrected chi connectivity index (χ0v) is 14.9.